The molecule has 2 rings (SSSR count). The van der Waals surface area contributed by atoms with Gasteiger partial charge in [-0.3, -0.25) is 4.79 Å². The maximum Gasteiger partial charge on any atom is 0.306 e. The van der Waals surface area contributed by atoms with E-state index < -0.39 is 5.97 Å². The second-order valence-electron chi connectivity index (χ2n) is 8.17. The van der Waals surface area contributed by atoms with E-state index in [0.717, 1.165) is 57.3 Å². The largest absolute Gasteiger partial charge is 0.493 e. The molecule has 1 aromatic rings. The lowest BCUT2D eigenvalue weighted by atomic mass is 9.79. The number of rotatable bonds is 12. The predicted octanol–water partition coefficient (Wildman–Crippen LogP) is 6.42. The van der Waals surface area contributed by atoms with Gasteiger partial charge in [0.25, 0.3) is 0 Å². The monoisotopic (exact) mass is 374 g/mol. The summed E-state index contributed by atoms with van der Waals surface area (Å²) in [6, 6.07) is 6.66. The van der Waals surface area contributed by atoms with Gasteiger partial charge in [-0.1, -0.05) is 58.1 Å². The summed E-state index contributed by atoms with van der Waals surface area (Å²) in [5.41, 5.74) is 2.68. The van der Waals surface area contributed by atoms with Gasteiger partial charge in [0.1, 0.15) is 5.75 Å². The fourth-order valence-electron chi connectivity index (χ4n) is 4.19. The summed E-state index contributed by atoms with van der Waals surface area (Å²) >= 11 is 0. The molecule has 1 aliphatic rings. The summed E-state index contributed by atoms with van der Waals surface area (Å²) < 4.78 is 6.05. The molecule has 0 amide bonds. The van der Waals surface area contributed by atoms with Gasteiger partial charge in [0.15, 0.2) is 0 Å². The SMILES string of the molecule is CCCCCCCCOc1ccc(CC2CCC(C(=O)O)CC2)cc1CC. The molecule has 3 heteroatoms. The first-order chi connectivity index (χ1) is 13.1. The maximum atomic E-state index is 11.1. The van der Waals surface area contributed by atoms with Crippen LogP contribution in [0.4, 0.5) is 0 Å². The van der Waals surface area contributed by atoms with Crippen molar-refractivity contribution < 1.29 is 14.6 Å². The van der Waals surface area contributed by atoms with Crippen LogP contribution in [0.25, 0.3) is 0 Å². The van der Waals surface area contributed by atoms with Crippen LogP contribution in [0, 0.1) is 11.8 Å². The summed E-state index contributed by atoms with van der Waals surface area (Å²) in [6.45, 7) is 5.26. The molecule has 0 saturated heterocycles. The van der Waals surface area contributed by atoms with Gasteiger partial charge in [0, 0.05) is 0 Å². The van der Waals surface area contributed by atoms with Crippen molar-refractivity contribution in [2.45, 2.75) is 90.9 Å². The van der Waals surface area contributed by atoms with Gasteiger partial charge < -0.3 is 9.84 Å². The molecule has 3 nitrogen and oxygen atoms in total. The van der Waals surface area contributed by atoms with E-state index in [9.17, 15) is 4.79 Å². The van der Waals surface area contributed by atoms with Crippen LogP contribution in [0.1, 0.15) is 89.2 Å². The Labute approximate surface area is 165 Å². The van der Waals surface area contributed by atoms with E-state index in [1.807, 2.05) is 0 Å². The summed E-state index contributed by atoms with van der Waals surface area (Å²) in [6.07, 6.45) is 13.5. The highest BCUT2D eigenvalue weighted by atomic mass is 16.5. The third kappa shape index (κ3) is 7.56. The van der Waals surface area contributed by atoms with Crippen LogP contribution in [0.3, 0.4) is 0 Å². The van der Waals surface area contributed by atoms with E-state index in [1.165, 1.54) is 43.2 Å². The van der Waals surface area contributed by atoms with Gasteiger partial charge >= 0.3 is 5.97 Å². The number of carbonyl (C=O) groups is 1. The zero-order valence-electron chi connectivity index (χ0n) is 17.3. The molecule has 0 atom stereocenters. The normalized spacial score (nSPS) is 19.8. The lowest BCUT2D eigenvalue weighted by Gasteiger charge is -2.26. The number of carboxylic acid groups (broad SMARTS) is 1. The van der Waals surface area contributed by atoms with Crippen LogP contribution in [0.15, 0.2) is 18.2 Å². The van der Waals surface area contributed by atoms with E-state index in [0.29, 0.717) is 5.92 Å². The summed E-state index contributed by atoms with van der Waals surface area (Å²) in [5.74, 6) is 0.934. The Balaban J connectivity index is 1.77. The number of unbranched alkanes of at least 4 members (excludes halogenated alkanes) is 5. The number of aliphatic carboxylic acids is 1. The fourth-order valence-corrected chi connectivity index (χ4v) is 4.19. The molecule has 0 unspecified atom stereocenters. The van der Waals surface area contributed by atoms with E-state index in [1.54, 1.807) is 0 Å². The first-order valence-corrected chi connectivity index (χ1v) is 11.1. The number of benzene rings is 1. The van der Waals surface area contributed by atoms with E-state index in [-0.39, 0.29) is 5.92 Å². The number of aryl methyl sites for hydroxylation is 1. The average molecular weight is 375 g/mol. The van der Waals surface area contributed by atoms with Crippen LogP contribution in [-0.2, 0) is 17.6 Å². The van der Waals surface area contributed by atoms with Gasteiger partial charge in [-0.05, 0) is 68.1 Å². The molecule has 0 bridgehead atoms. The molecule has 0 aromatic heterocycles. The topological polar surface area (TPSA) is 46.5 Å². The summed E-state index contributed by atoms with van der Waals surface area (Å²) in [7, 11) is 0. The minimum Gasteiger partial charge on any atom is -0.493 e. The van der Waals surface area contributed by atoms with Crippen molar-refractivity contribution >= 4 is 5.97 Å². The Morgan fingerprint density at radius 1 is 1.04 bits per heavy atom. The van der Waals surface area contributed by atoms with Gasteiger partial charge in [-0.15, -0.1) is 0 Å². The van der Waals surface area contributed by atoms with Crippen molar-refractivity contribution in [3.05, 3.63) is 29.3 Å². The average Bonchev–Trinajstić information content (AvgIpc) is 2.68. The zero-order chi connectivity index (χ0) is 19.5. The third-order valence-corrected chi connectivity index (χ3v) is 5.98. The van der Waals surface area contributed by atoms with Crippen molar-refractivity contribution in [1.29, 1.82) is 0 Å². The van der Waals surface area contributed by atoms with Crippen molar-refractivity contribution in [2.75, 3.05) is 6.61 Å². The highest BCUT2D eigenvalue weighted by Gasteiger charge is 2.26. The Morgan fingerprint density at radius 3 is 2.41 bits per heavy atom. The van der Waals surface area contributed by atoms with Gasteiger partial charge in [0.2, 0.25) is 0 Å². The molecular weight excluding hydrogens is 336 g/mol. The number of hydrogen-bond acceptors (Lipinski definition) is 2. The van der Waals surface area contributed by atoms with Crippen molar-refractivity contribution in [1.82, 2.24) is 0 Å². The van der Waals surface area contributed by atoms with Crippen LogP contribution in [0.5, 0.6) is 5.75 Å². The van der Waals surface area contributed by atoms with Crippen LogP contribution >= 0.6 is 0 Å². The number of ether oxygens (including phenoxy) is 1. The molecule has 1 N–H and O–H groups in total. The predicted molar refractivity (Wildman–Crippen MR) is 111 cm³/mol. The highest BCUT2D eigenvalue weighted by Crippen LogP contribution is 2.32. The lowest BCUT2D eigenvalue weighted by molar-refractivity contribution is -0.143. The zero-order valence-corrected chi connectivity index (χ0v) is 17.3. The van der Waals surface area contributed by atoms with E-state index in [2.05, 4.69) is 32.0 Å². The molecule has 0 spiro atoms. The maximum absolute atomic E-state index is 11.1. The molecule has 27 heavy (non-hydrogen) atoms. The summed E-state index contributed by atoms with van der Waals surface area (Å²) in [5, 5.41) is 9.14. The van der Waals surface area contributed by atoms with Crippen LogP contribution in [0.2, 0.25) is 0 Å². The van der Waals surface area contributed by atoms with E-state index in [4.69, 9.17) is 9.84 Å². The first-order valence-electron chi connectivity index (χ1n) is 11.1. The molecule has 1 aromatic carbocycles. The standard InChI is InChI=1S/C24H38O3/c1-3-5-6-7-8-9-16-27-23-15-12-20(18-21(23)4-2)17-19-10-13-22(14-11-19)24(25)26/h12,15,18-19,22H,3-11,13-14,16-17H2,1-2H3,(H,25,26). The molecule has 0 aliphatic heterocycles. The molecule has 1 fully saturated rings. The second-order valence-corrected chi connectivity index (χ2v) is 8.17. The molecule has 0 radical (unpaired) electrons. The van der Waals surface area contributed by atoms with Crippen molar-refractivity contribution in [2.24, 2.45) is 11.8 Å². The second kappa shape index (κ2) is 12.0. The molecule has 1 aliphatic carbocycles. The quantitative estimate of drug-likeness (QED) is 0.429. The molecule has 1 saturated carbocycles. The Bertz CT molecular complexity index is 559. The Hall–Kier alpha value is -1.51. The van der Waals surface area contributed by atoms with Gasteiger partial charge in [-0.25, -0.2) is 0 Å². The number of carboxylic acids is 1. The smallest absolute Gasteiger partial charge is 0.306 e. The molecular formula is C24H38O3. The highest BCUT2D eigenvalue weighted by molar-refractivity contribution is 5.70. The van der Waals surface area contributed by atoms with E-state index >= 15 is 0 Å². The molecule has 0 heterocycles. The van der Waals surface area contributed by atoms with Crippen molar-refractivity contribution in [3.8, 4) is 5.75 Å². The Kier molecular flexibility index (Phi) is 9.72. The summed E-state index contributed by atoms with van der Waals surface area (Å²) in [4.78, 5) is 11.1. The van der Waals surface area contributed by atoms with Crippen LogP contribution < -0.4 is 4.74 Å². The first kappa shape index (κ1) is 21.8. The van der Waals surface area contributed by atoms with Crippen LogP contribution in [-0.4, -0.2) is 17.7 Å². The van der Waals surface area contributed by atoms with Crippen molar-refractivity contribution in [3.63, 3.8) is 0 Å². The van der Waals surface area contributed by atoms with Gasteiger partial charge in [-0.2, -0.15) is 0 Å². The fraction of sp³-hybridized carbons (Fsp3) is 0.708. The number of hydrogen-bond donors (Lipinski definition) is 1. The lowest BCUT2D eigenvalue weighted by Crippen LogP contribution is -2.22. The van der Waals surface area contributed by atoms with Gasteiger partial charge in [0.05, 0.1) is 12.5 Å². The minimum atomic E-state index is -0.617. The minimum absolute atomic E-state index is 0.120. The molecule has 152 valence electrons. The third-order valence-electron chi connectivity index (χ3n) is 5.98. The Morgan fingerprint density at radius 2 is 1.74 bits per heavy atom.